The number of anilines is 2. The van der Waals surface area contributed by atoms with Crippen LogP contribution in [0.5, 0.6) is 0 Å². The van der Waals surface area contributed by atoms with Gasteiger partial charge in [-0.3, -0.25) is 9.59 Å². The maximum absolute atomic E-state index is 12.7. The molecule has 30 heavy (non-hydrogen) atoms. The monoisotopic (exact) mass is 416 g/mol. The molecule has 0 aliphatic carbocycles. The molecule has 2 N–H and O–H groups in total. The number of amides is 1. The van der Waals surface area contributed by atoms with Gasteiger partial charge in [0, 0.05) is 18.0 Å². The number of hydrogen-bond acceptors (Lipinski definition) is 3. The van der Waals surface area contributed by atoms with Gasteiger partial charge in [0.2, 0.25) is 5.91 Å². The Labute approximate surface area is 182 Å². The van der Waals surface area contributed by atoms with E-state index in [1.165, 1.54) is 38.5 Å². The van der Waals surface area contributed by atoms with Crippen molar-refractivity contribution in [3.63, 3.8) is 0 Å². The summed E-state index contributed by atoms with van der Waals surface area (Å²) in [5.74, 6) is -0.917. The first-order chi connectivity index (χ1) is 14.0. The van der Waals surface area contributed by atoms with Crippen molar-refractivity contribution in [2.24, 2.45) is 5.41 Å². The Hall–Kier alpha value is -2.04. The summed E-state index contributed by atoms with van der Waals surface area (Å²) in [4.78, 5) is 26.3. The third-order valence-corrected chi connectivity index (χ3v) is 6.32. The second-order valence-corrected chi connectivity index (χ2v) is 10.2. The van der Waals surface area contributed by atoms with Crippen LogP contribution in [0.15, 0.2) is 12.1 Å². The van der Waals surface area contributed by atoms with Crippen LogP contribution in [0.4, 0.5) is 11.4 Å². The number of benzene rings is 1. The zero-order valence-electron chi connectivity index (χ0n) is 19.7. The van der Waals surface area contributed by atoms with Crippen molar-refractivity contribution >= 4 is 23.3 Å². The predicted octanol–water partition coefficient (Wildman–Crippen LogP) is 5.80. The van der Waals surface area contributed by atoms with E-state index in [0.29, 0.717) is 0 Å². The summed E-state index contributed by atoms with van der Waals surface area (Å²) in [5.41, 5.74) is 3.11. The van der Waals surface area contributed by atoms with Crippen molar-refractivity contribution < 1.29 is 14.7 Å². The van der Waals surface area contributed by atoms with E-state index in [4.69, 9.17) is 0 Å². The lowest BCUT2D eigenvalue weighted by Gasteiger charge is -2.35. The molecule has 168 valence electrons. The number of carbonyl (C=O) groups is 2. The molecule has 0 saturated heterocycles. The lowest BCUT2D eigenvalue weighted by atomic mass is 9.89. The summed E-state index contributed by atoms with van der Waals surface area (Å²) < 4.78 is 0. The minimum absolute atomic E-state index is 0.0177. The first-order valence-electron chi connectivity index (χ1n) is 11.4. The fourth-order valence-corrected chi connectivity index (χ4v) is 4.31. The molecular weight excluding hydrogens is 376 g/mol. The summed E-state index contributed by atoms with van der Waals surface area (Å²) in [7, 11) is 2.10. The van der Waals surface area contributed by atoms with Gasteiger partial charge in [-0.15, -0.1) is 0 Å². The molecule has 1 heterocycles. The minimum atomic E-state index is -0.857. The van der Waals surface area contributed by atoms with Crippen LogP contribution >= 0.6 is 0 Å². The quantitative estimate of drug-likeness (QED) is 0.473. The van der Waals surface area contributed by atoms with Gasteiger partial charge in [0.15, 0.2) is 0 Å². The standard InChI is InChI=1S/C25H40N2O3/c1-7-8-9-10-11-12-13-25(5)17-19-14-18(16-21(28)29)15-20(22(19)27(25)6)26-23(30)24(2,3)4/h14-15H,7-13,16-17H2,1-6H3,(H,26,30)(H,28,29). The molecule has 2 rings (SSSR count). The third kappa shape index (κ3) is 5.99. The lowest BCUT2D eigenvalue weighted by molar-refractivity contribution is -0.136. The van der Waals surface area contributed by atoms with Gasteiger partial charge in [0.1, 0.15) is 0 Å². The highest BCUT2D eigenvalue weighted by Crippen LogP contribution is 2.45. The third-order valence-electron chi connectivity index (χ3n) is 6.32. The van der Waals surface area contributed by atoms with Crippen molar-refractivity contribution in [3.05, 3.63) is 23.3 Å². The van der Waals surface area contributed by atoms with Crippen molar-refractivity contribution in [2.75, 3.05) is 17.3 Å². The summed E-state index contributed by atoms with van der Waals surface area (Å²) in [6, 6.07) is 3.85. The van der Waals surface area contributed by atoms with Crippen LogP contribution in [0, 0.1) is 5.41 Å². The molecule has 0 fully saturated rings. The zero-order chi connectivity index (χ0) is 22.5. The fourth-order valence-electron chi connectivity index (χ4n) is 4.31. The second-order valence-electron chi connectivity index (χ2n) is 10.2. The molecule has 0 radical (unpaired) electrons. The molecular formula is C25H40N2O3. The van der Waals surface area contributed by atoms with Gasteiger partial charge in [-0.05, 0) is 37.0 Å². The van der Waals surface area contributed by atoms with E-state index < -0.39 is 11.4 Å². The van der Waals surface area contributed by atoms with Crippen LogP contribution in [0.2, 0.25) is 0 Å². The number of carboxylic acids is 1. The number of likely N-dealkylation sites (N-methyl/N-ethyl adjacent to an activating group) is 1. The Morgan fingerprint density at radius 2 is 1.77 bits per heavy atom. The molecule has 1 atom stereocenters. The topological polar surface area (TPSA) is 69.6 Å². The Morgan fingerprint density at radius 3 is 2.37 bits per heavy atom. The molecule has 1 aliphatic rings. The molecule has 1 unspecified atom stereocenters. The van der Waals surface area contributed by atoms with E-state index in [1.54, 1.807) is 0 Å². The van der Waals surface area contributed by atoms with E-state index in [9.17, 15) is 14.7 Å². The number of hydrogen-bond donors (Lipinski definition) is 2. The number of nitrogens with one attached hydrogen (secondary N) is 1. The van der Waals surface area contributed by atoms with Gasteiger partial charge in [-0.25, -0.2) is 0 Å². The number of carbonyl (C=O) groups excluding carboxylic acids is 1. The van der Waals surface area contributed by atoms with E-state index in [1.807, 2.05) is 32.9 Å². The molecule has 5 nitrogen and oxygen atoms in total. The van der Waals surface area contributed by atoms with E-state index in [-0.39, 0.29) is 17.9 Å². The number of nitrogens with zero attached hydrogens (tertiary/aromatic N) is 1. The molecule has 0 saturated carbocycles. The summed E-state index contributed by atoms with van der Waals surface area (Å²) in [5, 5.41) is 12.4. The highest BCUT2D eigenvalue weighted by Gasteiger charge is 2.39. The molecule has 0 spiro atoms. The Kier molecular flexibility index (Phi) is 7.95. The maximum Gasteiger partial charge on any atom is 0.307 e. The van der Waals surface area contributed by atoms with Crippen molar-refractivity contribution in [1.29, 1.82) is 0 Å². The first kappa shape index (κ1) is 24.2. The van der Waals surface area contributed by atoms with Gasteiger partial charge in [0.05, 0.1) is 17.8 Å². The van der Waals surface area contributed by atoms with Crippen molar-refractivity contribution in [1.82, 2.24) is 0 Å². The molecule has 5 heteroatoms. The highest BCUT2D eigenvalue weighted by molar-refractivity contribution is 5.98. The van der Waals surface area contributed by atoms with Crippen LogP contribution in [0.25, 0.3) is 0 Å². The van der Waals surface area contributed by atoms with Crippen LogP contribution in [0.1, 0.15) is 90.7 Å². The summed E-state index contributed by atoms with van der Waals surface area (Å²) >= 11 is 0. The summed E-state index contributed by atoms with van der Waals surface area (Å²) in [6.45, 7) is 10.2. The smallest absolute Gasteiger partial charge is 0.307 e. The van der Waals surface area contributed by atoms with Gasteiger partial charge in [-0.2, -0.15) is 0 Å². The first-order valence-corrected chi connectivity index (χ1v) is 11.4. The van der Waals surface area contributed by atoms with E-state index in [0.717, 1.165) is 35.3 Å². The number of unbranched alkanes of at least 4 members (excludes halogenated alkanes) is 5. The van der Waals surface area contributed by atoms with Gasteiger partial charge < -0.3 is 15.3 Å². The van der Waals surface area contributed by atoms with Crippen LogP contribution in [0.3, 0.4) is 0 Å². The zero-order valence-corrected chi connectivity index (χ0v) is 19.7. The van der Waals surface area contributed by atoms with Gasteiger partial charge in [-0.1, -0.05) is 72.3 Å². The normalized spacial score (nSPS) is 18.4. The van der Waals surface area contributed by atoms with Crippen molar-refractivity contribution in [3.8, 4) is 0 Å². The Morgan fingerprint density at radius 1 is 1.13 bits per heavy atom. The van der Waals surface area contributed by atoms with Gasteiger partial charge >= 0.3 is 5.97 Å². The average Bonchev–Trinajstić information content (AvgIpc) is 2.87. The van der Waals surface area contributed by atoms with E-state index >= 15 is 0 Å². The van der Waals surface area contributed by atoms with Crippen LogP contribution < -0.4 is 10.2 Å². The molecule has 1 amide bonds. The molecule has 0 aromatic heterocycles. The van der Waals surface area contributed by atoms with E-state index in [2.05, 4.69) is 31.1 Å². The lowest BCUT2D eigenvalue weighted by Crippen LogP contribution is -2.41. The largest absolute Gasteiger partial charge is 0.481 e. The van der Waals surface area contributed by atoms with Crippen molar-refractivity contribution in [2.45, 2.75) is 97.9 Å². The number of aliphatic carboxylic acids is 1. The Bertz CT molecular complexity index is 766. The minimum Gasteiger partial charge on any atom is -0.481 e. The van der Waals surface area contributed by atoms with Gasteiger partial charge in [0.25, 0.3) is 0 Å². The summed E-state index contributed by atoms with van der Waals surface area (Å²) in [6.07, 6.45) is 9.53. The number of carboxylic acid groups (broad SMARTS) is 1. The fraction of sp³-hybridized carbons (Fsp3) is 0.680. The average molecular weight is 417 g/mol. The number of fused-ring (bicyclic) bond motifs is 1. The molecule has 1 aromatic carbocycles. The van der Waals surface area contributed by atoms with Crippen LogP contribution in [-0.4, -0.2) is 29.6 Å². The highest BCUT2D eigenvalue weighted by atomic mass is 16.4. The van der Waals surface area contributed by atoms with Crippen LogP contribution in [-0.2, 0) is 22.4 Å². The Balaban J connectivity index is 2.24. The SMILES string of the molecule is CCCCCCCCC1(C)Cc2cc(CC(=O)O)cc(NC(=O)C(C)(C)C)c2N1C. The molecule has 1 aromatic rings. The number of rotatable bonds is 10. The molecule has 0 bridgehead atoms. The maximum atomic E-state index is 12.7. The predicted molar refractivity (Wildman–Crippen MR) is 124 cm³/mol. The second kappa shape index (κ2) is 9.84. The molecule has 1 aliphatic heterocycles.